The van der Waals surface area contributed by atoms with Crippen LogP contribution in [0.1, 0.15) is 0 Å². The van der Waals surface area contributed by atoms with Crippen molar-refractivity contribution >= 4 is 33.2 Å². The molecule has 0 saturated carbocycles. The lowest BCUT2D eigenvalue weighted by Gasteiger charge is -2.14. The van der Waals surface area contributed by atoms with E-state index in [-0.39, 0.29) is 34.6 Å². The SMILES string of the molecule is CN(C)S(=O)(=O)c1ccc(NCCSC(F)(F)F)c(N)c1. The average molecular weight is 343 g/mol. The molecule has 0 aromatic heterocycles. The number of alkyl halides is 3. The third-order valence-corrected chi connectivity index (χ3v) is 5.03. The molecule has 0 aliphatic rings. The van der Waals surface area contributed by atoms with Gasteiger partial charge in [-0.3, -0.25) is 0 Å². The Hall–Kier alpha value is -1.13. The Morgan fingerprint density at radius 1 is 1.33 bits per heavy atom. The average Bonchev–Trinajstić information content (AvgIpc) is 2.34. The van der Waals surface area contributed by atoms with Gasteiger partial charge in [0.15, 0.2) is 0 Å². The molecule has 0 atom stereocenters. The summed E-state index contributed by atoms with van der Waals surface area (Å²) in [6, 6.07) is 4.06. The monoisotopic (exact) mass is 343 g/mol. The molecule has 0 saturated heterocycles. The van der Waals surface area contributed by atoms with Crippen molar-refractivity contribution in [2.45, 2.75) is 10.4 Å². The maximum absolute atomic E-state index is 12.0. The van der Waals surface area contributed by atoms with E-state index in [4.69, 9.17) is 5.73 Å². The first-order valence-corrected chi connectivity index (χ1v) is 8.23. The summed E-state index contributed by atoms with van der Waals surface area (Å²) < 4.78 is 60.7. The number of nitrogen functional groups attached to an aromatic ring is 1. The number of hydrogen-bond donors (Lipinski definition) is 2. The van der Waals surface area contributed by atoms with E-state index < -0.39 is 15.5 Å². The molecule has 1 rings (SSSR count). The van der Waals surface area contributed by atoms with Gasteiger partial charge in [0.25, 0.3) is 0 Å². The van der Waals surface area contributed by atoms with Crippen LogP contribution in [0.25, 0.3) is 0 Å². The van der Waals surface area contributed by atoms with Gasteiger partial charge in [-0.05, 0) is 30.0 Å². The second-order valence-electron chi connectivity index (χ2n) is 4.26. The molecule has 0 radical (unpaired) electrons. The quantitative estimate of drug-likeness (QED) is 0.612. The zero-order valence-corrected chi connectivity index (χ0v) is 13.1. The Bertz CT molecular complexity index is 589. The minimum absolute atomic E-state index is 0.0280. The normalized spacial score (nSPS) is 12.7. The first-order chi connectivity index (χ1) is 9.54. The summed E-state index contributed by atoms with van der Waals surface area (Å²) in [6.45, 7) is 0.0636. The Kier molecular flexibility index (Phi) is 5.76. The highest BCUT2D eigenvalue weighted by molar-refractivity contribution is 8.00. The van der Waals surface area contributed by atoms with Crippen LogP contribution < -0.4 is 11.1 Å². The van der Waals surface area contributed by atoms with Crippen molar-refractivity contribution in [3.05, 3.63) is 18.2 Å². The van der Waals surface area contributed by atoms with Gasteiger partial charge >= 0.3 is 5.51 Å². The van der Waals surface area contributed by atoms with E-state index in [1.54, 1.807) is 0 Å². The lowest BCUT2D eigenvalue weighted by atomic mass is 10.2. The van der Waals surface area contributed by atoms with E-state index >= 15 is 0 Å². The molecule has 0 aliphatic carbocycles. The van der Waals surface area contributed by atoms with Gasteiger partial charge in [-0.15, -0.1) is 0 Å². The predicted octanol–water partition coefficient (Wildman–Crippen LogP) is 2.18. The fourth-order valence-electron chi connectivity index (χ4n) is 1.43. The largest absolute Gasteiger partial charge is 0.441 e. The van der Waals surface area contributed by atoms with Crippen LogP contribution in [-0.2, 0) is 10.0 Å². The summed E-state index contributed by atoms with van der Waals surface area (Å²) in [5, 5.41) is 2.74. The molecule has 0 aliphatic heterocycles. The number of nitrogens with two attached hydrogens (primary N) is 1. The molecule has 0 fully saturated rings. The predicted molar refractivity (Wildman–Crippen MR) is 78.7 cm³/mol. The minimum atomic E-state index is -4.27. The van der Waals surface area contributed by atoms with Crippen molar-refractivity contribution < 1.29 is 21.6 Å². The molecule has 0 spiro atoms. The van der Waals surface area contributed by atoms with Crippen LogP contribution >= 0.6 is 11.8 Å². The Morgan fingerprint density at radius 3 is 2.43 bits per heavy atom. The summed E-state index contributed by atoms with van der Waals surface area (Å²) in [7, 11) is -0.798. The van der Waals surface area contributed by atoms with Crippen LogP contribution in [-0.4, -0.2) is 44.6 Å². The maximum atomic E-state index is 12.0. The van der Waals surface area contributed by atoms with Crippen molar-refractivity contribution in [1.82, 2.24) is 4.31 Å². The number of anilines is 2. The summed E-state index contributed by atoms with van der Waals surface area (Å²) in [4.78, 5) is 0.0280. The van der Waals surface area contributed by atoms with Gasteiger partial charge in [-0.2, -0.15) is 13.2 Å². The zero-order valence-electron chi connectivity index (χ0n) is 11.4. The van der Waals surface area contributed by atoms with E-state index in [0.29, 0.717) is 5.69 Å². The standard InChI is InChI=1S/C11H16F3N3O2S2/c1-17(2)21(18,19)8-3-4-10(9(15)7-8)16-5-6-20-11(12,13)14/h3-4,7,16H,5-6,15H2,1-2H3. The zero-order chi connectivity index (χ0) is 16.3. The van der Waals surface area contributed by atoms with Crippen molar-refractivity contribution in [1.29, 1.82) is 0 Å². The second kappa shape index (κ2) is 6.75. The van der Waals surface area contributed by atoms with E-state index in [0.717, 1.165) is 4.31 Å². The lowest BCUT2D eigenvalue weighted by Crippen LogP contribution is -2.22. The highest BCUT2D eigenvalue weighted by Gasteiger charge is 2.27. The van der Waals surface area contributed by atoms with Crippen LogP contribution in [0, 0.1) is 0 Å². The number of nitrogens with zero attached hydrogens (tertiary/aromatic N) is 1. The molecule has 0 bridgehead atoms. The summed E-state index contributed by atoms with van der Waals surface area (Å²) in [6.07, 6.45) is 0. The van der Waals surface area contributed by atoms with Crippen LogP contribution in [0.4, 0.5) is 24.5 Å². The van der Waals surface area contributed by atoms with Crippen LogP contribution in [0.3, 0.4) is 0 Å². The van der Waals surface area contributed by atoms with Crippen molar-refractivity contribution in [2.75, 3.05) is 37.4 Å². The maximum Gasteiger partial charge on any atom is 0.441 e. The number of thioether (sulfide) groups is 1. The molecule has 1 aromatic carbocycles. The highest BCUT2D eigenvalue weighted by Crippen LogP contribution is 2.30. The summed E-state index contributed by atoms with van der Waals surface area (Å²) in [5.41, 5.74) is 2.01. The number of sulfonamides is 1. The van der Waals surface area contributed by atoms with Crippen molar-refractivity contribution in [3.63, 3.8) is 0 Å². The van der Waals surface area contributed by atoms with Gasteiger partial charge in [0, 0.05) is 26.4 Å². The van der Waals surface area contributed by atoms with Crippen LogP contribution in [0.2, 0.25) is 0 Å². The molecule has 3 N–H and O–H groups in total. The molecule has 0 heterocycles. The highest BCUT2D eigenvalue weighted by atomic mass is 32.2. The molecular weight excluding hydrogens is 327 g/mol. The van der Waals surface area contributed by atoms with Crippen LogP contribution in [0.15, 0.2) is 23.1 Å². The number of benzene rings is 1. The van der Waals surface area contributed by atoms with Gasteiger partial charge < -0.3 is 11.1 Å². The molecule has 1 aromatic rings. The van der Waals surface area contributed by atoms with Gasteiger partial charge in [0.2, 0.25) is 10.0 Å². The Morgan fingerprint density at radius 2 is 1.95 bits per heavy atom. The van der Waals surface area contributed by atoms with Gasteiger partial charge in [-0.25, -0.2) is 12.7 Å². The lowest BCUT2D eigenvalue weighted by molar-refractivity contribution is -0.0327. The minimum Gasteiger partial charge on any atom is -0.397 e. The topological polar surface area (TPSA) is 75.4 Å². The number of halogens is 3. The molecule has 5 nitrogen and oxygen atoms in total. The molecule has 10 heteroatoms. The van der Waals surface area contributed by atoms with Gasteiger partial charge in [0.1, 0.15) is 0 Å². The molecule has 21 heavy (non-hydrogen) atoms. The fraction of sp³-hybridized carbons (Fsp3) is 0.455. The Labute approximate surface area is 125 Å². The molecule has 120 valence electrons. The smallest absolute Gasteiger partial charge is 0.397 e. The van der Waals surface area contributed by atoms with Gasteiger partial charge in [-0.1, -0.05) is 0 Å². The molecule has 0 unspecified atom stereocenters. The molecule has 0 amide bonds. The van der Waals surface area contributed by atoms with E-state index in [1.807, 2.05) is 0 Å². The fourth-order valence-corrected chi connectivity index (χ4v) is 2.80. The molecular formula is C11H16F3N3O2S2. The van der Waals surface area contributed by atoms with Crippen molar-refractivity contribution in [3.8, 4) is 0 Å². The van der Waals surface area contributed by atoms with E-state index in [2.05, 4.69) is 5.32 Å². The van der Waals surface area contributed by atoms with E-state index in [1.165, 1.54) is 32.3 Å². The third kappa shape index (κ3) is 5.29. The van der Waals surface area contributed by atoms with Crippen molar-refractivity contribution in [2.24, 2.45) is 0 Å². The van der Waals surface area contributed by atoms with E-state index in [9.17, 15) is 21.6 Å². The first kappa shape index (κ1) is 17.9. The second-order valence-corrected chi connectivity index (χ2v) is 7.57. The Balaban J connectivity index is 2.72. The van der Waals surface area contributed by atoms with Gasteiger partial charge in [0.05, 0.1) is 16.3 Å². The van der Waals surface area contributed by atoms with Crippen LogP contribution in [0.5, 0.6) is 0 Å². The number of rotatable bonds is 6. The number of nitrogens with one attached hydrogen (secondary N) is 1. The summed E-state index contributed by atoms with van der Waals surface area (Å²) >= 11 is -0.136. The number of hydrogen-bond acceptors (Lipinski definition) is 5. The third-order valence-electron chi connectivity index (χ3n) is 2.48. The summed E-state index contributed by atoms with van der Waals surface area (Å²) in [5.74, 6) is -0.166. The first-order valence-electron chi connectivity index (χ1n) is 5.80.